The van der Waals surface area contributed by atoms with Gasteiger partial charge in [0.2, 0.25) is 0 Å². The fourth-order valence-electron chi connectivity index (χ4n) is 2.32. The standard InChI is InChI=1S/C14H28N2O3/c1-4-14(18,5-2)11-15-12-7-9-16(10-8-12)13(17)19-6-3/h12,15,18H,4-11H2,1-3H3. The fourth-order valence-corrected chi connectivity index (χ4v) is 2.32. The highest BCUT2D eigenvalue weighted by molar-refractivity contribution is 5.67. The van der Waals surface area contributed by atoms with Crippen LogP contribution in [0.2, 0.25) is 0 Å². The van der Waals surface area contributed by atoms with Gasteiger partial charge >= 0.3 is 6.09 Å². The lowest BCUT2D eigenvalue weighted by atomic mass is 9.96. The number of carbonyl (C=O) groups is 1. The van der Waals surface area contributed by atoms with Crippen LogP contribution < -0.4 is 5.32 Å². The van der Waals surface area contributed by atoms with Crippen molar-refractivity contribution in [3.63, 3.8) is 0 Å². The van der Waals surface area contributed by atoms with Crippen LogP contribution in [0.3, 0.4) is 0 Å². The first-order valence-corrected chi connectivity index (χ1v) is 7.42. The summed E-state index contributed by atoms with van der Waals surface area (Å²) in [6.45, 7) is 8.35. The normalized spacial score (nSPS) is 17.6. The molecule has 0 aromatic rings. The van der Waals surface area contributed by atoms with Gasteiger partial charge in [-0.15, -0.1) is 0 Å². The average molecular weight is 272 g/mol. The molecule has 0 radical (unpaired) electrons. The minimum Gasteiger partial charge on any atom is -0.450 e. The van der Waals surface area contributed by atoms with E-state index in [1.165, 1.54) is 0 Å². The van der Waals surface area contributed by atoms with E-state index in [2.05, 4.69) is 5.32 Å². The van der Waals surface area contributed by atoms with Gasteiger partial charge in [-0.3, -0.25) is 0 Å². The second-order valence-electron chi connectivity index (χ2n) is 5.27. The van der Waals surface area contributed by atoms with E-state index in [0.717, 1.165) is 38.8 Å². The fraction of sp³-hybridized carbons (Fsp3) is 0.929. The van der Waals surface area contributed by atoms with Crippen LogP contribution in [-0.2, 0) is 4.74 Å². The third-order valence-corrected chi connectivity index (χ3v) is 4.06. The monoisotopic (exact) mass is 272 g/mol. The Morgan fingerprint density at radius 1 is 1.32 bits per heavy atom. The molecule has 1 aliphatic heterocycles. The summed E-state index contributed by atoms with van der Waals surface area (Å²) in [5, 5.41) is 13.6. The lowest BCUT2D eigenvalue weighted by Gasteiger charge is -2.34. The van der Waals surface area contributed by atoms with Crippen molar-refractivity contribution in [1.29, 1.82) is 0 Å². The molecule has 0 aromatic heterocycles. The zero-order valence-electron chi connectivity index (χ0n) is 12.4. The molecule has 2 N–H and O–H groups in total. The molecule has 0 spiro atoms. The first kappa shape index (κ1) is 16.2. The number of aliphatic hydroxyl groups is 1. The Bertz CT molecular complexity index is 272. The van der Waals surface area contributed by atoms with Crippen LogP contribution in [0, 0.1) is 0 Å². The van der Waals surface area contributed by atoms with Gasteiger partial charge in [0.15, 0.2) is 0 Å². The Labute approximate surface area is 116 Å². The average Bonchev–Trinajstić information content (AvgIpc) is 2.45. The van der Waals surface area contributed by atoms with E-state index >= 15 is 0 Å². The molecule has 0 saturated carbocycles. The van der Waals surface area contributed by atoms with Crippen LogP contribution in [-0.4, -0.2) is 54.0 Å². The van der Waals surface area contributed by atoms with Crippen molar-refractivity contribution in [3.05, 3.63) is 0 Å². The summed E-state index contributed by atoms with van der Waals surface area (Å²) >= 11 is 0. The summed E-state index contributed by atoms with van der Waals surface area (Å²) in [7, 11) is 0. The maximum Gasteiger partial charge on any atom is 0.409 e. The van der Waals surface area contributed by atoms with E-state index in [1.54, 1.807) is 4.90 Å². The zero-order valence-corrected chi connectivity index (χ0v) is 12.4. The quantitative estimate of drug-likeness (QED) is 0.773. The van der Waals surface area contributed by atoms with Crippen molar-refractivity contribution in [1.82, 2.24) is 10.2 Å². The first-order valence-electron chi connectivity index (χ1n) is 7.42. The molecule has 1 rings (SSSR count). The lowest BCUT2D eigenvalue weighted by Crippen LogP contribution is -2.49. The highest BCUT2D eigenvalue weighted by atomic mass is 16.6. The SMILES string of the molecule is CCOC(=O)N1CCC(NCC(O)(CC)CC)CC1. The molecule has 1 heterocycles. The van der Waals surface area contributed by atoms with Crippen LogP contribution in [0.15, 0.2) is 0 Å². The Morgan fingerprint density at radius 2 is 1.89 bits per heavy atom. The lowest BCUT2D eigenvalue weighted by molar-refractivity contribution is 0.0267. The molecule has 5 heteroatoms. The summed E-state index contributed by atoms with van der Waals surface area (Å²) in [4.78, 5) is 13.3. The van der Waals surface area contributed by atoms with Gasteiger partial charge in [0.25, 0.3) is 0 Å². The largest absolute Gasteiger partial charge is 0.450 e. The Kier molecular flexibility index (Phi) is 6.58. The molecule has 1 fully saturated rings. The number of nitrogens with one attached hydrogen (secondary N) is 1. The number of rotatable bonds is 6. The van der Waals surface area contributed by atoms with Crippen LogP contribution >= 0.6 is 0 Å². The van der Waals surface area contributed by atoms with Gasteiger partial charge in [0.1, 0.15) is 0 Å². The topological polar surface area (TPSA) is 61.8 Å². The Hall–Kier alpha value is -0.810. The first-order chi connectivity index (χ1) is 9.04. The third-order valence-electron chi connectivity index (χ3n) is 4.06. The highest BCUT2D eigenvalue weighted by Crippen LogP contribution is 2.16. The van der Waals surface area contributed by atoms with E-state index in [-0.39, 0.29) is 6.09 Å². The number of hydrogen-bond donors (Lipinski definition) is 2. The number of carbonyl (C=O) groups excluding carboxylic acids is 1. The van der Waals surface area contributed by atoms with Crippen LogP contribution in [0.1, 0.15) is 46.5 Å². The number of ether oxygens (including phenoxy) is 1. The Morgan fingerprint density at radius 3 is 2.37 bits per heavy atom. The predicted octanol–water partition coefficient (Wildman–Crippen LogP) is 1.75. The number of hydrogen-bond acceptors (Lipinski definition) is 4. The Balaban J connectivity index is 2.29. The molecule has 0 aromatic carbocycles. The van der Waals surface area contributed by atoms with Gasteiger partial charge in [0.05, 0.1) is 12.2 Å². The molecule has 0 atom stereocenters. The van der Waals surface area contributed by atoms with E-state index in [0.29, 0.717) is 19.2 Å². The molecule has 0 bridgehead atoms. The van der Waals surface area contributed by atoms with Crippen molar-refractivity contribution < 1.29 is 14.6 Å². The van der Waals surface area contributed by atoms with E-state index < -0.39 is 5.60 Å². The molecule has 5 nitrogen and oxygen atoms in total. The van der Waals surface area contributed by atoms with Crippen molar-refractivity contribution in [2.45, 2.75) is 58.1 Å². The van der Waals surface area contributed by atoms with Gasteiger partial charge in [-0.05, 0) is 32.6 Å². The van der Waals surface area contributed by atoms with Gasteiger partial charge in [-0.2, -0.15) is 0 Å². The third kappa shape index (κ3) is 4.99. The van der Waals surface area contributed by atoms with Crippen molar-refractivity contribution in [2.75, 3.05) is 26.2 Å². The predicted molar refractivity (Wildman–Crippen MR) is 75.2 cm³/mol. The smallest absolute Gasteiger partial charge is 0.409 e. The highest BCUT2D eigenvalue weighted by Gasteiger charge is 2.27. The molecule has 19 heavy (non-hydrogen) atoms. The van der Waals surface area contributed by atoms with Crippen molar-refractivity contribution >= 4 is 6.09 Å². The molecular formula is C14H28N2O3. The van der Waals surface area contributed by atoms with Gasteiger partial charge in [-0.25, -0.2) is 4.79 Å². The van der Waals surface area contributed by atoms with Crippen LogP contribution in [0.25, 0.3) is 0 Å². The number of piperidine rings is 1. The van der Waals surface area contributed by atoms with Crippen molar-refractivity contribution in [2.24, 2.45) is 0 Å². The summed E-state index contributed by atoms with van der Waals surface area (Å²) in [6, 6.07) is 0.385. The summed E-state index contributed by atoms with van der Waals surface area (Å²) in [6.07, 6.45) is 3.15. The number of nitrogens with zero attached hydrogens (tertiary/aromatic N) is 1. The van der Waals surface area contributed by atoms with E-state index in [1.807, 2.05) is 20.8 Å². The molecule has 1 aliphatic rings. The second-order valence-corrected chi connectivity index (χ2v) is 5.27. The van der Waals surface area contributed by atoms with Crippen LogP contribution in [0.4, 0.5) is 4.79 Å². The molecule has 0 unspecified atom stereocenters. The molecule has 0 aliphatic carbocycles. The minimum absolute atomic E-state index is 0.209. The number of likely N-dealkylation sites (tertiary alicyclic amines) is 1. The van der Waals surface area contributed by atoms with E-state index in [4.69, 9.17) is 4.74 Å². The summed E-state index contributed by atoms with van der Waals surface area (Å²) < 4.78 is 4.99. The van der Waals surface area contributed by atoms with Crippen molar-refractivity contribution in [3.8, 4) is 0 Å². The van der Waals surface area contributed by atoms with Gasteiger partial charge in [0, 0.05) is 25.7 Å². The number of amides is 1. The molecule has 112 valence electrons. The molecule has 1 saturated heterocycles. The summed E-state index contributed by atoms with van der Waals surface area (Å²) in [5.41, 5.74) is -0.599. The second kappa shape index (κ2) is 7.70. The maximum atomic E-state index is 11.6. The van der Waals surface area contributed by atoms with Crippen LogP contribution in [0.5, 0.6) is 0 Å². The molecule has 1 amide bonds. The maximum absolute atomic E-state index is 11.6. The van der Waals surface area contributed by atoms with Gasteiger partial charge in [-0.1, -0.05) is 13.8 Å². The molecular weight excluding hydrogens is 244 g/mol. The summed E-state index contributed by atoms with van der Waals surface area (Å²) in [5.74, 6) is 0. The zero-order chi connectivity index (χ0) is 14.3. The van der Waals surface area contributed by atoms with E-state index in [9.17, 15) is 9.90 Å². The minimum atomic E-state index is -0.599. The van der Waals surface area contributed by atoms with Gasteiger partial charge < -0.3 is 20.1 Å².